The second-order valence-corrected chi connectivity index (χ2v) is 4.88. The van der Waals surface area contributed by atoms with E-state index >= 15 is 0 Å². The van der Waals surface area contributed by atoms with E-state index < -0.39 is 0 Å². The van der Waals surface area contributed by atoms with Gasteiger partial charge < -0.3 is 5.73 Å². The van der Waals surface area contributed by atoms with Crippen LogP contribution in [0.5, 0.6) is 0 Å². The van der Waals surface area contributed by atoms with Gasteiger partial charge in [0.25, 0.3) is 0 Å². The van der Waals surface area contributed by atoms with Gasteiger partial charge in [-0.05, 0) is 31.2 Å². The van der Waals surface area contributed by atoms with E-state index in [1.807, 2.05) is 0 Å². The fourth-order valence-electron chi connectivity index (χ4n) is 2.97. The van der Waals surface area contributed by atoms with Gasteiger partial charge in [0, 0.05) is 0 Å². The zero-order valence-corrected chi connectivity index (χ0v) is 9.80. The molecule has 1 nitrogen and oxygen atoms in total. The Balaban J connectivity index is 2.30. The molecule has 1 atom stereocenters. The van der Waals surface area contributed by atoms with Crippen molar-refractivity contribution in [2.45, 2.75) is 64.7 Å². The lowest BCUT2D eigenvalue weighted by Gasteiger charge is -2.30. The highest BCUT2D eigenvalue weighted by atomic mass is 14.5. The quantitative estimate of drug-likeness (QED) is 0.690. The summed E-state index contributed by atoms with van der Waals surface area (Å²) in [5.74, 6) is 2.03. The Morgan fingerprint density at radius 3 is 2.43 bits per heavy atom. The van der Waals surface area contributed by atoms with Crippen LogP contribution in [-0.4, -0.2) is 6.54 Å². The summed E-state index contributed by atoms with van der Waals surface area (Å²) in [6, 6.07) is 0. The Labute approximate surface area is 89.5 Å². The maximum atomic E-state index is 5.60. The standard InChI is InChI=1S/C13H27N/c1-2-7-12(10-6-11-14)13-8-4-3-5-9-13/h12-13H,2-11,14H2,1H3. The molecule has 1 saturated carbocycles. The SMILES string of the molecule is CCCC(CCCN)C1CCCCC1. The number of hydrogen-bond acceptors (Lipinski definition) is 1. The Morgan fingerprint density at radius 1 is 1.14 bits per heavy atom. The zero-order valence-electron chi connectivity index (χ0n) is 9.80. The molecule has 0 bridgehead atoms. The average Bonchev–Trinajstić information content (AvgIpc) is 2.25. The molecule has 1 fully saturated rings. The van der Waals surface area contributed by atoms with Crippen LogP contribution in [-0.2, 0) is 0 Å². The van der Waals surface area contributed by atoms with Gasteiger partial charge in [0.05, 0.1) is 0 Å². The highest BCUT2D eigenvalue weighted by Gasteiger charge is 2.22. The van der Waals surface area contributed by atoms with Crippen LogP contribution in [0.15, 0.2) is 0 Å². The summed E-state index contributed by atoms with van der Waals surface area (Å²) in [4.78, 5) is 0. The van der Waals surface area contributed by atoms with Crippen molar-refractivity contribution in [2.75, 3.05) is 6.54 Å². The van der Waals surface area contributed by atoms with Crippen molar-refractivity contribution in [1.29, 1.82) is 0 Å². The largest absolute Gasteiger partial charge is 0.330 e. The third-order valence-corrected chi connectivity index (χ3v) is 3.76. The van der Waals surface area contributed by atoms with Gasteiger partial charge in [-0.15, -0.1) is 0 Å². The first-order chi connectivity index (χ1) is 6.88. The molecule has 0 heterocycles. The molecule has 1 unspecified atom stereocenters. The average molecular weight is 197 g/mol. The molecule has 1 aliphatic rings. The van der Waals surface area contributed by atoms with Gasteiger partial charge in [-0.25, -0.2) is 0 Å². The zero-order chi connectivity index (χ0) is 10.2. The van der Waals surface area contributed by atoms with E-state index in [9.17, 15) is 0 Å². The molecule has 0 amide bonds. The monoisotopic (exact) mass is 197 g/mol. The lowest BCUT2D eigenvalue weighted by atomic mass is 9.76. The summed E-state index contributed by atoms with van der Waals surface area (Å²) in [6.07, 6.45) is 12.8. The molecule has 0 saturated heterocycles. The predicted molar refractivity (Wildman–Crippen MR) is 63.3 cm³/mol. The lowest BCUT2D eigenvalue weighted by molar-refractivity contribution is 0.220. The molecule has 1 aliphatic carbocycles. The van der Waals surface area contributed by atoms with Crippen molar-refractivity contribution < 1.29 is 0 Å². The van der Waals surface area contributed by atoms with Crippen molar-refractivity contribution in [3.8, 4) is 0 Å². The second-order valence-electron chi connectivity index (χ2n) is 4.88. The molecule has 0 aliphatic heterocycles. The van der Waals surface area contributed by atoms with E-state index in [2.05, 4.69) is 6.92 Å². The molecule has 0 spiro atoms. The first-order valence-corrected chi connectivity index (χ1v) is 6.58. The number of rotatable bonds is 6. The van der Waals surface area contributed by atoms with E-state index in [0.29, 0.717) is 0 Å². The molecular weight excluding hydrogens is 170 g/mol. The van der Waals surface area contributed by atoms with E-state index in [1.54, 1.807) is 0 Å². The maximum absolute atomic E-state index is 5.60. The highest BCUT2D eigenvalue weighted by Crippen LogP contribution is 2.34. The van der Waals surface area contributed by atoms with Crippen LogP contribution >= 0.6 is 0 Å². The van der Waals surface area contributed by atoms with Crippen LogP contribution < -0.4 is 5.73 Å². The van der Waals surface area contributed by atoms with Gasteiger partial charge in [0.2, 0.25) is 0 Å². The second kappa shape index (κ2) is 7.28. The van der Waals surface area contributed by atoms with Crippen LogP contribution in [0.4, 0.5) is 0 Å². The van der Waals surface area contributed by atoms with Crippen molar-refractivity contribution >= 4 is 0 Å². The lowest BCUT2D eigenvalue weighted by Crippen LogP contribution is -2.19. The van der Waals surface area contributed by atoms with E-state index in [4.69, 9.17) is 5.73 Å². The molecule has 1 rings (SSSR count). The van der Waals surface area contributed by atoms with E-state index in [0.717, 1.165) is 18.4 Å². The van der Waals surface area contributed by atoms with Gasteiger partial charge in [0.15, 0.2) is 0 Å². The molecule has 0 aromatic rings. The highest BCUT2D eigenvalue weighted by molar-refractivity contribution is 4.74. The molecule has 1 heteroatoms. The van der Waals surface area contributed by atoms with Gasteiger partial charge in [-0.2, -0.15) is 0 Å². The molecule has 0 aromatic carbocycles. The number of hydrogen-bond donors (Lipinski definition) is 1. The van der Waals surface area contributed by atoms with Gasteiger partial charge in [-0.3, -0.25) is 0 Å². The van der Waals surface area contributed by atoms with Crippen molar-refractivity contribution in [3.05, 3.63) is 0 Å². The third-order valence-electron chi connectivity index (χ3n) is 3.76. The minimum Gasteiger partial charge on any atom is -0.330 e. The summed E-state index contributed by atoms with van der Waals surface area (Å²) in [6.45, 7) is 3.20. The van der Waals surface area contributed by atoms with Crippen molar-refractivity contribution in [1.82, 2.24) is 0 Å². The molecule has 2 N–H and O–H groups in total. The van der Waals surface area contributed by atoms with Crippen LogP contribution in [0.2, 0.25) is 0 Å². The van der Waals surface area contributed by atoms with Gasteiger partial charge in [0.1, 0.15) is 0 Å². The van der Waals surface area contributed by atoms with Crippen molar-refractivity contribution in [3.63, 3.8) is 0 Å². The molecular formula is C13H27N. The van der Waals surface area contributed by atoms with Crippen LogP contribution in [0.3, 0.4) is 0 Å². The molecule has 84 valence electrons. The van der Waals surface area contributed by atoms with E-state index in [-0.39, 0.29) is 0 Å². The fourth-order valence-corrected chi connectivity index (χ4v) is 2.97. The summed E-state index contributed by atoms with van der Waals surface area (Å²) < 4.78 is 0. The normalized spacial score (nSPS) is 21.0. The van der Waals surface area contributed by atoms with E-state index in [1.165, 1.54) is 57.8 Å². The summed E-state index contributed by atoms with van der Waals surface area (Å²) in [7, 11) is 0. The fraction of sp³-hybridized carbons (Fsp3) is 1.00. The minimum atomic E-state index is 0.882. The summed E-state index contributed by atoms with van der Waals surface area (Å²) >= 11 is 0. The smallest absolute Gasteiger partial charge is 0.00772 e. The third kappa shape index (κ3) is 4.00. The summed E-state index contributed by atoms with van der Waals surface area (Å²) in [5.41, 5.74) is 5.60. The van der Waals surface area contributed by atoms with Crippen LogP contribution in [0.25, 0.3) is 0 Å². The first-order valence-electron chi connectivity index (χ1n) is 6.58. The maximum Gasteiger partial charge on any atom is -0.00772 e. The minimum absolute atomic E-state index is 0.882. The Morgan fingerprint density at radius 2 is 1.86 bits per heavy atom. The van der Waals surface area contributed by atoms with Gasteiger partial charge >= 0.3 is 0 Å². The Hall–Kier alpha value is -0.0400. The molecule has 14 heavy (non-hydrogen) atoms. The first kappa shape index (κ1) is 12.0. The Kier molecular flexibility index (Phi) is 6.25. The molecule has 0 aromatic heterocycles. The van der Waals surface area contributed by atoms with Crippen molar-refractivity contribution in [2.24, 2.45) is 17.6 Å². The van der Waals surface area contributed by atoms with Crippen LogP contribution in [0.1, 0.15) is 64.7 Å². The topological polar surface area (TPSA) is 26.0 Å². The predicted octanol–water partition coefficient (Wildman–Crippen LogP) is 3.72. The van der Waals surface area contributed by atoms with Gasteiger partial charge in [-0.1, -0.05) is 51.9 Å². The Bertz CT molecular complexity index is 127. The van der Waals surface area contributed by atoms with Crippen LogP contribution in [0, 0.1) is 11.8 Å². The summed E-state index contributed by atoms with van der Waals surface area (Å²) in [5, 5.41) is 0. The molecule has 0 radical (unpaired) electrons. The number of nitrogens with two attached hydrogens (primary N) is 1.